The number of aliphatic hydroxyl groups is 1. The molecule has 4 nitrogen and oxygen atoms in total. The molecule has 20 heavy (non-hydrogen) atoms. The molecule has 1 aromatic rings. The maximum atomic E-state index is 9.04. The van der Waals surface area contributed by atoms with E-state index in [0.29, 0.717) is 13.2 Å². The normalized spacial score (nSPS) is 11.0. The molecule has 0 heterocycles. The molecule has 1 rings (SSSR count). The van der Waals surface area contributed by atoms with Gasteiger partial charge in [0.2, 0.25) is 0 Å². The van der Waals surface area contributed by atoms with E-state index in [1.807, 2.05) is 24.3 Å². The van der Waals surface area contributed by atoms with Gasteiger partial charge in [0, 0.05) is 19.6 Å². The summed E-state index contributed by atoms with van der Waals surface area (Å²) in [6, 6.07) is 7.92. The average Bonchev–Trinajstić information content (AvgIpc) is 2.49. The zero-order valence-electron chi connectivity index (χ0n) is 12.6. The van der Waals surface area contributed by atoms with Crippen LogP contribution in [0.15, 0.2) is 24.3 Å². The Bertz CT molecular complexity index is 358. The summed E-state index contributed by atoms with van der Waals surface area (Å²) >= 11 is 0. The number of aliphatic hydroxyl groups excluding tert-OH is 1. The lowest BCUT2D eigenvalue weighted by atomic mass is 10.2. The van der Waals surface area contributed by atoms with E-state index in [2.05, 4.69) is 11.8 Å². The third kappa shape index (κ3) is 6.89. The maximum Gasteiger partial charge on any atom is 0.119 e. The Hall–Kier alpha value is -1.10. The summed E-state index contributed by atoms with van der Waals surface area (Å²) in [6.45, 7) is 6.42. The summed E-state index contributed by atoms with van der Waals surface area (Å²) in [4.78, 5) is 2.29. The van der Waals surface area contributed by atoms with E-state index in [4.69, 9.17) is 15.6 Å². The van der Waals surface area contributed by atoms with Gasteiger partial charge in [0.05, 0.1) is 13.2 Å². The fourth-order valence-electron chi connectivity index (χ4n) is 2.10. The smallest absolute Gasteiger partial charge is 0.119 e. The molecule has 0 spiro atoms. The fourth-order valence-corrected chi connectivity index (χ4v) is 2.10. The van der Waals surface area contributed by atoms with E-state index in [1.54, 1.807) is 0 Å². The molecule has 0 bridgehead atoms. The first-order chi connectivity index (χ1) is 9.80. The predicted octanol–water partition coefficient (Wildman–Crippen LogP) is 2.01. The van der Waals surface area contributed by atoms with Gasteiger partial charge in [-0.1, -0.05) is 25.5 Å². The summed E-state index contributed by atoms with van der Waals surface area (Å²) in [5, 5.41) is 9.04. The van der Waals surface area contributed by atoms with Crippen molar-refractivity contribution < 1.29 is 9.84 Å². The second kappa shape index (κ2) is 10.7. The molecule has 0 atom stereocenters. The average molecular weight is 280 g/mol. The van der Waals surface area contributed by atoms with Crippen LogP contribution in [-0.4, -0.2) is 42.9 Å². The fraction of sp³-hybridized carbons (Fsp3) is 0.625. The molecule has 3 N–H and O–H groups in total. The van der Waals surface area contributed by atoms with Gasteiger partial charge in [-0.3, -0.25) is 0 Å². The Balaban J connectivity index is 2.24. The van der Waals surface area contributed by atoms with Crippen molar-refractivity contribution in [2.75, 3.05) is 32.8 Å². The third-order valence-corrected chi connectivity index (χ3v) is 3.27. The van der Waals surface area contributed by atoms with Crippen molar-refractivity contribution >= 4 is 0 Å². The van der Waals surface area contributed by atoms with E-state index >= 15 is 0 Å². The summed E-state index contributed by atoms with van der Waals surface area (Å²) < 4.78 is 5.74. The summed E-state index contributed by atoms with van der Waals surface area (Å²) in [5.74, 6) is 0.884. The van der Waals surface area contributed by atoms with Crippen molar-refractivity contribution in [3.8, 4) is 5.75 Å². The van der Waals surface area contributed by atoms with Gasteiger partial charge < -0.3 is 20.5 Å². The van der Waals surface area contributed by atoms with Crippen molar-refractivity contribution in [1.82, 2.24) is 4.90 Å². The molecule has 1 aromatic carbocycles. The van der Waals surface area contributed by atoms with Crippen LogP contribution in [0.5, 0.6) is 5.75 Å². The van der Waals surface area contributed by atoms with Crippen molar-refractivity contribution in [3.63, 3.8) is 0 Å². The van der Waals surface area contributed by atoms with Crippen molar-refractivity contribution in [2.24, 2.45) is 5.73 Å². The first-order valence-electron chi connectivity index (χ1n) is 7.55. The zero-order valence-corrected chi connectivity index (χ0v) is 12.6. The van der Waals surface area contributed by atoms with Crippen LogP contribution < -0.4 is 10.5 Å². The lowest BCUT2D eigenvalue weighted by Gasteiger charge is -2.20. The largest absolute Gasteiger partial charge is 0.494 e. The second-order valence-electron chi connectivity index (χ2n) is 4.97. The maximum absolute atomic E-state index is 9.04. The van der Waals surface area contributed by atoms with Crippen molar-refractivity contribution in [2.45, 2.75) is 32.7 Å². The monoisotopic (exact) mass is 280 g/mol. The van der Waals surface area contributed by atoms with E-state index in [1.165, 1.54) is 12.8 Å². The highest BCUT2D eigenvalue weighted by atomic mass is 16.5. The number of hydrogen-bond donors (Lipinski definition) is 2. The highest BCUT2D eigenvalue weighted by Crippen LogP contribution is 2.13. The number of ether oxygens (including phenoxy) is 1. The molecule has 0 aliphatic carbocycles. The van der Waals surface area contributed by atoms with Gasteiger partial charge in [-0.25, -0.2) is 0 Å². The number of nitrogens with two attached hydrogens (primary N) is 1. The number of nitrogens with zero attached hydrogens (tertiary/aromatic N) is 1. The Morgan fingerprint density at radius 2 is 2.00 bits per heavy atom. The minimum Gasteiger partial charge on any atom is -0.494 e. The Kier molecular flexibility index (Phi) is 9.04. The quantitative estimate of drug-likeness (QED) is 0.609. The van der Waals surface area contributed by atoms with Crippen LogP contribution in [0.1, 0.15) is 31.7 Å². The third-order valence-electron chi connectivity index (χ3n) is 3.27. The summed E-state index contributed by atoms with van der Waals surface area (Å²) in [5.41, 5.74) is 6.70. The molecular weight excluding hydrogens is 252 g/mol. The lowest BCUT2D eigenvalue weighted by molar-refractivity contribution is 0.181. The Labute approximate surface area is 122 Å². The number of hydrogen-bond acceptors (Lipinski definition) is 4. The van der Waals surface area contributed by atoms with E-state index in [9.17, 15) is 0 Å². The van der Waals surface area contributed by atoms with Crippen LogP contribution in [0.3, 0.4) is 0 Å². The van der Waals surface area contributed by atoms with Crippen LogP contribution >= 0.6 is 0 Å². The van der Waals surface area contributed by atoms with Gasteiger partial charge in [0.15, 0.2) is 0 Å². The Morgan fingerprint density at radius 3 is 2.70 bits per heavy atom. The van der Waals surface area contributed by atoms with Crippen molar-refractivity contribution in [3.05, 3.63) is 29.8 Å². The lowest BCUT2D eigenvalue weighted by Crippen LogP contribution is -2.30. The van der Waals surface area contributed by atoms with Gasteiger partial charge in [-0.15, -0.1) is 0 Å². The first-order valence-corrected chi connectivity index (χ1v) is 7.55. The molecule has 0 aliphatic heterocycles. The van der Waals surface area contributed by atoms with E-state index < -0.39 is 0 Å². The predicted molar refractivity (Wildman–Crippen MR) is 82.9 cm³/mol. The molecule has 0 radical (unpaired) electrons. The molecule has 0 amide bonds. The van der Waals surface area contributed by atoms with Gasteiger partial charge in [-0.2, -0.15) is 0 Å². The minimum absolute atomic E-state index is 0.225. The van der Waals surface area contributed by atoms with Gasteiger partial charge in [0.25, 0.3) is 0 Å². The molecule has 0 unspecified atom stereocenters. The minimum atomic E-state index is 0.225. The highest BCUT2D eigenvalue weighted by molar-refractivity contribution is 5.28. The zero-order chi connectivity index (χ0) is 14.6. The summed E-state index contributed by atoms with van der Waals surface area (Å²) in [6.07, 6.45) is 3.33. The molecule has 0 saturated carbocycles. The second-order valence-corrected chi connectivity index (χ2v) is 4.97. The van der Waals surface area contributed by atoms with E-state index in [-0.39, 0.29) is 6.61 Å². The van der Waals surface area contributed by atoms with Crippen LogP contribution in [-0.2, 0) is 6.54 Å². The SMILES string of the molecule is CCCCN(CCO)CCCOc1cccc(CN)c1. The number of unbranched alkanes of at least 4 members (excludes halogenated alkanes) is 1. The topological polar surface area (TPSA) is 58.7 Å². The van der Waals surface area contributed by atoms with Gasteiger partial charge in [-0.05, 0) is 37.1 Å². The van der Waals surface area contributed by atoms with Crippen LogP contribution in [0.4, 0.5) is 0 Å². The number of rotatable bonds is 11. The van der Waals surface area contributed by atoms with Gasteiger partial charge >= 0.3 is 0 Å². The van der Waals surface area contributed by atoms with Crippen LogP contribution in [0, 0.1) is 0 Å². The highest BCUT2D eigenvalue weighted by Gasteiger charge is 2.03. The number of benzene rings is 1. The molecular formula is C16H28N2O2. The van der Waals surface area contributed by atoms with Crippen LogP contribution in [0.25, 0.3) is 0 Å². The molecule has 0 saturated heterocycles. The standard InChI is InChI=1S/C16H28N2O2/c1-2-3-8-18(10-11-19)9-5-12-20-16-7-4-6-15(13-16)14-17/h4,6-7,13,19H,2-3,5,8-12,14,17H2,1H3. The molecule has 4 heteroatoms. The first kappa shape index (κ1) is 17.0. The molecule has 0 aliphatic rings. The molecule has 0 aromatic heterocycles. The molecule has 0 fully saturated rings. The summed E-state index contributed by atoms with van der Waals surface area (Å²) in [7, 11) is 0. The van der Waals surface area contributed by atoms with E-state index in [0.717, 1.165) is 37.4 Å². The molecule has 114 valence electrons. The van der Waals surface area contributed by atoms with Crippen molar-refractivity contribution in [1.29, 1.82) is 0 Å². The van der Waals surface area contributed by atoms with Gasteiger partial charge in [0.1, 0.15) is 5.75 Å². The van der Waals surface area contributed by atoms with Crippen LogP contribution in [0.2, 0.25) is 0 Å². The Morgan fingerprint density at radius 1 is 1.20 bits per heavy atom.